The van der Waals surface area contributed by atoms with Crippen LogP contribution in [0.25, 0.3) is 0 Å². The molecule has 1 N–H and O–H groups in total. The Balaban J connectivity index is 2.73. The molecular weight excluding hydrogens is 266 g/mol. The van der Waals surface area contributed by atoms with Crippen LogP contribution >= 0.6 is 0 Å². The van der Waals surface area contributed by atoms with E-state index in [0.717, 1.165) is 25.7 Å². The molecule has 0 bridgehead atoms. The number of hydroxylamine groups is 1. The van der Waals surface area contributed by atoms with Crippen LogP contribution in [-0.2, 0) is 4.84 Å². The van der Waals surface area contributed by atoms with Crippen LogP contribution in [0.3, 0.4) is 0 Å². The highest BCUT2D eigenvalue weighted by molar-refractivity contribution is 6.06. The number of ketones is 1. The van der Waals surface area contributed by atoms with E-state index in [4.69, 9.17) is 4.84 Å². The number of hydrogen-bond donors (Lipinski definition) is 1. The minimum Gasteiger partial charge on any atom is -0.366 e. The van der Waals surface area contributed by atoms with Gasteiger partial charge in [0.25, 0.3) is 0 Å². The third-order valence-corrected chi connectivity index (χ3v) is 3.28. The molecule has 0 heterocycles. The van der Waals surface area contributed by atoms with E-state index >= 15 is 0 Å². The number of carbonyl (C=O) groups excluding carboxylic acids is 2. The van der Waals surface area contributed by atoms with E-state index in [2.05, 4.69) is 12.4 Å². The van der Waals surface area contributed by atoms with E-state index < -0.39 is 5.97 Å². The van der Waals surface area contributed by atoms with Crippen molar-refractivity contribution in [2.24, 2.45) is 0 Å². The van der Waals surface area contributed by atoms with Crippen molar-refractivity contribution in [1.82, 2.24) is 5.48 Å². The van der Waals surface area contributed by atoms with Crippen molar-refractivity contribution in [2.45, 2.75) is 58.9 Å². The molecule has 1 aromatic carbocycles. The lowest BCUT2D eigenvalue weighted by Crippen LogP contribution is -2.29. The van der Waals surface area contributed by atoms with Crippen LogP contribution < -0.4 is 5.48 Å². The van der Waals surface area contributed by atoms with E-state index in [1.807, 2.05) is 13.8 Å². The van der Waals surface area contributed by atoms with Gasteiger partial charge in [-0.2, -0.15) is 0 Å². The summed E-state index contributed by atoms with van der Waals surface area (Å²) >= 11 is 0. The first-order valence-corrected chi connectivity index (χ1v) is 7.69. The van der Waals surface area contributed by atoms with Gasteiger partial charge in [-0.25, -0.2) is 4.79 Å². The van der Waals surface area contributed by atoms with Crippen molar-refractivity contribution in [3.63, 3.8) is 0 Å². The fourth-order valence-electron chi connectivity index (χ4n) is 2.08. The normalized spacial score (nSPS) is 12.0. The highest BCUT2D eigenvalue weighted by Crippen LogP contribution is 2.14. The predicted molar refractivity (Wildman–Crippen MR) is 83.2 cm³/mol. The van der Waals surface area contributed by atoms with E-state index in [-0.39, 0.29) is 11.8 Å². The molecule has 116 valence electrons. The third kappa shape index (κ3) is 5.68. The number of hydrogen-bond acceptors (Lipinski definition) is 4. The Bertz CT molecular complexity index is 471. The second-order valence-electron chi connectivity index (χ2n) is 5.27. The van der Waals surface area contributed by atoms with Crippen LogP contribution in [0.4, 0.5) is 0 Å². The second-order valence-corrected chi connectivity index (χ2v) is 5.27. The zero-order valence-electron chi connectivity index (χ0n) is 13.1. The summed E-state index contributed by atoms with van der Waals surface area (Å²) in [5.41, 5.74) is 3.50. The summed E-state index contributed by atoms with van der Waals surface area (Å²) in [5.74, 6) is -0.510. The van der Waals surface area contributed by atoms with Gasteiger partial charge in [0, 0.05) is 18.0 Å². The molecule has 0 saturated carbocycles. The van der Waals surface area contributed by atoms with Crippen LogP contribution in [0.5, 0.6) is 0 Å². The lowest BCUT2D eigenvalue weighted by atomic mass is 10.0. The van der Waals surface area contributed by atoms with E-state index in [1.165, 1.54) is 0 Å². The third-order valence-electron chi connectivity index (χ3n) is 3.28. The molecule has 1 atom stereocenters. The Hall–Kier alpha value is -1.68. The topological polar surface area (TPSA) is 55.4 Å². The van der Waals surface area contributed by atoms with E-state index in [9.17, 15) is 9.59 Å². The van der Waals surface area contributed by atoms with Crippen molar-refractivity contribution in [3.05, 3.63) is 35.4 Å². The summed E-state index contributed by atoms with van der Waals surface area (Å²) in [6, 6.07) is 6.92. The minimum atomic E-state index is -0.501. The van der Waals surface area contributed by atoms with Gasteiger partial charge in [0.15, 0.2) is 5.78 Å². The Morgan fingerprint density at radius 2 is 1.81 bits per heavy atom. The van der Waals surface area contributed by atoms with Gasteiger partial charge in [-0.1, -0.05) is 44.9 Å². The maximum Gasteiger partial charge on any atom is 0.357 e. The maximum atomic E-state index is 12.1. The largest absolute Gasteiger partial charge is 0.366 e. The molecule has 0 amide bonds. The fourth-order valence-corrected chi connectivity index (χ4v) is 2.08. The first kappa shape index (κ1) is 17.4. The van der Waals surface area contributed by atoms with Gasteiger partial charge >= 0.3 is 5.97 Å². The van der Waals surface area contributed by atoms with Gasteiger partial charge in [-0.05, 0) is 25.8 Å². The minimum absolute atomic E-state index is 0.00833. The molecule has 1 unspecified atom stereocenters. The molecule has 0 aliphatic rings. The highest BCUT2D eigenvalue weighted by atomic mass is 16.7. The SMILES string of the molecule is CCCCC(=O)c1ccccc1C(=O)ONC(C)CCC. The standard InChI is InChI=1S/C17H25NO3/c1-4-6-12-16(19)14-10-7-8-11-15(14)17(20)21-18-13(3)9-5-2/h7-8,10-11,13,18H,4-6,9,12H2,1-3H3. The van der Waals surface area contributed by atoms with Gasteiger partial charge < -0.3 is 4.84 Å². The zero-order chi connectivity index (χ0) is 15.7. The van der Waals surface area contributed by atoms with Gasteiger partial charge in [-0.15, -0.1) is 5.48 Å². The Morgan fingerprint density at radius 3 is 2.43 bits per heavy atom. The molecule has 21 heavy (non-hydrogen) atoms. The maximum absolute atomic E-state index is 12.1. The first-order valence-electron chi connectivity index (χ1n) is 7.69. The average Bonchev–Trinajstić information content (AvgIpc) is 2.50. The molecule has 0 aromatic heterocycles. The first-order chi connectivity index (χ1) is 10.1. The Kier molecular flexibility index (Phi) is 7.69. The summed E-state index contributed by atoms with van der Waals surface area (Å²) in [6.07, 6.45) is 4.17. The van der Waals surface area contributed by atoms with Crippen molar-refractivity contribution < 1.29 is 14.4 Å². The number of carbonyl (C=O) groups is 2. The number of unbranched alkanes of at least 4 members (excludes halogenated alkanes) is 1. The smallest absolute Gasteiger partial charge is 0.357 e. The van der Waals surface area contributed by atoms with Crippen LogP contribution in [0, 0.1) is 0 Å². The molecule has 4 nitrogen and oxygen atoms in total. The number of nitrogens with one attached hydrogen (secondary N) is 1. The highest BCUT2D eigenvalue weighted by Gasteiger charge is 2.18. The van der Waals surface area contributed by atoms with Crippen molar-refractivity contribution in [1.29, 1.82) is 0 Å². The lowest BCUT2D eigenvalue weighted by Gasteiger charge is -2.13. The lowest BCUT2D eigenvalue weighted by molar-refractivity contribution is 0.0161. The Morgan fingerprint density at radius 1 is 1.14 bits per heavy atom. The van der Waals surface area contributed by atoms with Crippen molar-refractivity contribution in [2.75, 3.05) is 0 Å². The summed E-state index contributed by atoms with van der Waals surface area (Å²) < 4.78 is 0. The van der Waals surface area contributed by atoms with Gasteiger partial charge in [0.05, 0.1) is 5.56 Å². The fraction of sp³-hybridized carbons (Fsp3) is 0.529. The molecule has 1 rings (SSSR count). The Labute approximate surface area is 126 Å². The molecule has 1 aromatic rings. The molecule has 0 fully saturated rings. The average molecular weight is 291 g/mol. The quantitative estimate of drug-likeness (QED) is 0.553. The van der Waals surface area contributed by atoms with Crippen molar-refractivity contribution in [3.8, 4) is 0 Å². The summed E-state index contributed by atoms with van der Waals surface area (Å²) in [4.78, 5) is 29.4. The van der Waals surface area contributed by atoms with Crippen molar-refractivity contribution >= 4 is 11.8 Å². The van der Waals surface area contributed by atoms with Crippen LogP contribution in [0.1, 0.15) is 73.6 Å². The van der Waals surface area contributed by atoms with Crippen LogP contribution in [0.2, 0.25) is 0 Å². The molecule has 0 radical (unpaired) electrons. The molecular formula is C17H25NO3. The molecule has 4 heteroatoms. The summed E-state index contributed by atoms with van der Waals surface area (Å²) in [5, 5.41) is 0. The monoisotopic (exact) mass is 291 g/mol. The number of rotatable bonds is 9. The second kappa shape index (κ2) is 9.29. The van der Waals surface area contributed by atoms with E-state index in [1.54, 1.807) is 24.3 Å². The number of Topliss-reactive ketones (excluding diaryl/α,β-unsaturated/α-hetero) is 1. The predicted octanol–water partition coefficient (Wildman–Crippen LogP) is 3.91. The molecule has 0 aliphatic heterocycles. The van der Waals surface area contributed by atoms with E-state index in [0.29, 0.717) is 17.5 Å². The summed E-state index contributed by atoms with van der Waals surface area (Å²) in [7, 11) is 0. The van der Waals surface area contributed by atoms with Gasteiger partial charge in [0.2, 0.25) is 0 Å². The molecule has 0 saturated heterocycles. The number of benzene rings is 1. The van der Waals surface area contributed by atoms with Crippen LogP contribution in [-0.4, -0.2) is 17.8 Å². The molecule has 0 aliphatic carbocycles. The van der Waals surface area contributed by atoms with Crippen LogP contribution in [0.15, 0.2) is 24.3 Å². The molecule has 0 spiro atoms. The zero-order valence-corrected chi connectivity index (χ0v) is 13.1. The van der Waals surface area contributed by atoms with Gasteiger partial charge in [-0.3, -0.25) is 4.79 Å². The van der Waals surface area contributed by atoms with Gasteiger partial charge in [0.1, 0.15) is 0 Å². The summed E-state index contributed by atoms with van der Waals surface area (Å²) in [6.45, 7) is 6.06.